The molecule has 0 fully saturated rings. The van der Waals surface area contributed by atoms with Gasteiger partial charge in [-0.3, -0.25) is 10.00 Å². The second-order valence-corrected chi connectivity index (χ2v) is 3.06. The summed E-state index contributed by atoms with van der Waals surface area (Å²) in [5.74, 6) is 0.286. The Labute approximate surface area is 87.9 Å². The lowest BCUT2D eigenvalue weighted by Gasteiger charge is -2.03. The first-order chi connectivity index (χ1) is 7.17. The molecule has 1 aromatic heterocycles. The van der Waals surface area contributed by atoms with E-state index in [2.05, 4.69) is 15.7 Å². The SMILES string of the molecule is CCCNC(=O)Nc1nn(C)cc1C#N. The highest BCUT2D eigenvalue weighted by Crippen LogP contribution is 2.09. The molecule has 6 heteroatoms. The van der Waals surface area contributed by atoms with E-state index in [1.807, 2.05) is 13.0 Å². The summed E-state index contributed by atoms with van der Waals surface area (Å²) in [4.78, 5) is 11.3. The third-order valence-electron chi connectivity index (χ3n) is 1.72. The first kappa shape index (κ1) is 11.0. The zero-order valence-electron chi connectivity index (χ0n) is 8.74. The van der Waals surface area contributed by atoms with Crippen LogP contribution in [-0.2, 0) is 7.05 Å². The minimum atomic E-state index is -0.341. The number of nitriles is 1. The van der Waals surface area contributed by atoms with Crippen LogP contribution in [0, 0.1) is 11.3 Å². The van der Waals surface area contributed by atoms with E-state index in [-0.39, 0.29) is 11.8 Å². The Morgan fingerprint density at radius 1 is 1.73 bits per heavy atom. The normalized spacial score (nSPS) is 9.40. The van der Waals surface area contributed by atoms with Crippen molar-refractivity contribution in [3.8, 4) is 6.07 Å². The fourth-order valence-electron chi connectivity index (χ4n) is 1.05. The number of aryl methyl sites for hydroxylation is 1. The molecule has 1 rings (SSSR count). The Hall–Kier alpha value is -2.03. The van der Waals surface area contributed by atoms with Crippen molar-refractivity contribution in [1.29, 1.82) is 5.26 Å². The second kappa shape index (κ2) is 5.00. The van der Waals surface area contributed by atoms with Gasteiger partial charge in [0, 0.05) is 19.8 Å². The molecule has 0 saturated heterocycles. The van der Waals surface area contributed by atoms with Crippen LogP contribution in [0.3, 0.4) is 0 Å². The third kappa shape index (κ3) is 2.98. The van der Waals surface area contributed by atoms with E-state index in [1.54, 1.807) is 13.2 Å². The van der Waals surface area contributed by atoms with Gasteiger partial charge in [0.15, 0.2) is 5.82 Å². The van der Waals surface area contributed by atoms with Crippen LogP contribution < -0.4 is 10.6 Å². The fraction of sp³-hybridized carbons (Fsp3) is 0.444. The Kier molecular flexibility index (Phi) is 3.68. The monoisotopic (exact) mass is 207 g/mol. The number of urea groups is 1. The first-order valence-corrected chi connectivity index (χ1v) is 4.66. The van der Waals surface area contributed by atoms with E-state index in [1.165, 1.54) is 4.68 Å². The molecule has 0 aliphatic heterocycles. The fourth-order valence-corrected chi connectivity index (χ4v) is 1.05. The van der Waals surface area contributed by atoms with Crippen LogP contribution in [-0.4, -0.2) is 22.4 Å². The lowest BCUT2D eigenvalue weighted by molar-refractivity contribution is 0.252. The maximum atomic E-state index is 11.3. The lowest BCUT2D eigenvalue weighted by atomic mass is 10.3. The van der Waals surface area contributed by atoms with Crippen LogP contribution in [0.15, 0.2) is 6.20 Å². The van der Waals surface area contributed by atoms with Gasteiger partial charge in [0.25, 0.3) is 0 Å². The van der Waals surface area contributed by atoms with Crippen LogP contribution in [0.1, 0.15) is 18.9 Å². The van der Waals surface area contributed by atoms with Crippen molar-refractivity contribution < 1.29 is 4.79 Å². The Balaban J connectivity index is 2.64. The molecule has 2 amide bonds. The quantitative estimate of drug-likeness (QED) is 0.769. The number of aromatic nitrogens is 2. The summed E-state index contributed by atoms with van der Waals surface area (Å²) in [7, 11) is 1.69. The molecule has 0 aliphatic rings. The molecule has 0 aliphatic carbocycles. The van der Waals surface area contributed by atoms with Gasteiger partial charge in [0.1, 0.15) is 11.6 Å². The third-order valence-corrected chi connectivity index (χ3v) is 1.72. The first-order valence-electron chi connectivity index (χ1n) is 4.66. The van der Waals surface area contributed by atoms with Gasteiger partial charge in [-0.1, -0.05) is 6.92 Å². The maximum absolute atomic E-state index is 11.3. The topological polar surface area (TPSA) is 82.7 Å². The standard InChI is InChI=1S/C9H13N5O/c1-3-4-11-9(15)12-8-7(5-10)6-14(2)13-8/h6H,3-4H2,1-2H3,(H2,11,12,13,15). The number of anilines is 1. The van der Waals surface area contributed by atoms with Crippen molar-refractivity contribution in [2.45, 2.75) is 13.3 Å². The number of nitrogens with one attached hydrogen (secondary N) is 2. The van der Waals surface area contributed by atoms with E-state index < -0.39 is 0 Å². The maximum Gasteiger partial charge on any atom is 0.320 e. The average molecular weight is 207 g/mol. The Morgan fingerprint density at radius 2 is 2.47 bits per heavy atom. The predicted molar refractivity (Wildman–Crippen MR) is 55.2 cm³/mol. The van der Waals surface area contributed by atoms with Crippen molar-refractivity contribution in [1.82, 2.24) is 15.1 Å². The van der Waals surface area contributed by atoms with Crippen LogP contribution in [0.25, 0.3) is 0 Å². The van der Waals surface area contributed by atoms with E-state index in [0.29, 0.717) is 12.1 Å². The highest BCUT2D eigenvalue weighted by Gasteiger charge is 2.09. The van der Waals surface area contributed by atoms with Crippen molar-refractivity contribution >= 4 is 11.8 Å². The highest BCUT2D eigenvalue weighted by atomic mass is 16.2. The van der Waals surface area contributed by atoms with E-state index in [9.17, 15) is 4.79 Å². The molecular formula is C9H13N5O. The Bertz CT molecular complexity index is 390. The van der Waals surface area contributed by atoms with E-state index in [0.717, 1.165) is 6.42 Å². The molecule has 2 N–H and O–H groups in total. The summed E-state index contributed by atoms with van der Waals surface area (Å²) < 4.78 is 1.48. The lowest BCUT2D eigenvalue weighted by Crippen LogP contribution is -2.29. The van der Waals surface area contributed by atoms with Crippen LogP contribution in [0.5, 0.6) is 0 Å². The molecule has 0 spiro atoms. The molecule has 1 aromatic rings. The van der Waals surface area contributed by atoms with Gasteiger partial charge < -0.3 is 5.32 Å². The smallest absolute Gasteiger partial charge is 0.320 e. The summed E-state index contributed by atoms with van der Waals surface area (Å²) >= 11 is 0. The number of carbonyl (C=O) groups is 1. The number of hydrogen-bond acceptors (Lipinski definition) is 3. The Morgan fingerprint density at radius 3 is 3.07 bits per heavy atom. The van der Waals surface area contributed by atoms with Gasteiger partial charge in [-0.05, 0) is 6.42 Å². The molecule has 1 heterocycles. The molecule has 0 saturated carbocycles. The summed E-state index contributed by atoms with van der Waals surface area (Å²) in [6, 6.07) is 1.61. The molecule has 0 radical (unpaired) electrons. The molecule has 80 valence electrons. The molecule has 15 heavy (non-hydrogen) atoms. The number of amides is 2. The number of rotatable bonds is 3. The molecule has 0 bridgehead atoms. The van der Waals surface area contributed by atoms with Gasteiger partial charge in [-0.25, -0.2) is 4.79 Å². The minimum Gasteiger partial charge on any atom is -0.338 e. The van der Waals surface area contributed by atoms with Crippen molar-refractivity contribution in [2.75, 3.05) is 11.9 Å². The van der Waals surface area contributed by atoms with E-state index in [4.69, 9.17) is 5.26 Å². The number of nitrogens with zero attached hydrogens (tertiary/aromatic N) is 3. The van der Waals surface area contributed by atoms with Gasteiger partial charge >= 0.3 is 6.03 Å². The molecular weight excluding hydrogens is 194 g/mol. The minimum absolute atomic E-state index is 0.286. The zero-order chi connectivity index (χ0) is 11.3. The van der Waals surface area contributed by atoms with Crippen LogP contribution in [0.4, 0.5) is 10.6 Å². The molecule has 0 atom stereocenters. The second-order valence-electron chi connectivity index (χ2n) is 3.06. The largest absolute Gasteiger partial charge is 0.338 e. The van der Waals surface area contributed by atoms with Crippen molar-refractivity contribution in [3.63, 3.8) is 0 Å². The van der Waals surface area contributed by atoms with Gasteiger partial charge in [-0.15, -0.1) is 0 Å². The summed E-state index contributed by atoms with van der Waals surface area (Å²) in [6.45, 7) is 2.56. The number of hydrogen-bond donors (Lipinski definition) is 2. The van der Waals surface area contributed by atoms with Gasteiger partial charge in [-0.2, -0.15) is 10.4 Å². The van der Waals surface area contributed by atoms with Crippen molar-refractivity contribution in [3.05, 3.63) is 11.8 Å². The molecule has 0 aromatic carbocycles. The predicted octanol–water partition coefficient (Wildman–Crippen LogP) is 0.823. The van der Waals surface area contributed by atoms with Gasteiger partial charge in [0.2, 0.25) is 0 Å². The van der Waals surface area contributed by atoms with Gasteiger partial charge in [0.05, 0.1) is 0 Å². The summed E-state index contributed by atoms with van der Waals surface area (Å²) in [5.41, 5.74) is 0.351. The van der Waals surface area contributed by atoms with E-state index >= 15 is 0 Å². The van der Waals surface area contributed by atoms with Crippen molar-refractivity contribution in [2.24, 2.45) is 7.05 Å². The molecule has 6 nitrogen and oxygen atoms in total. The summed E-state index contributed by atoms with van der Waals surface area (Å²) in [6.07, 6.45) is 2.41. The zero-order valence-corrected chi connectivity index (χ0v) is 8.74. The average Bonchev–Trinajstić information content (AvgIpc) is 2.55. The van der Waals surface area contributed by atoms with Crippen LogP contribution >= 0.6 is 0 Å². The summed E-state index contributed by atoms with van der Waals surface area (Å²) in [5, 5.41) is 17.8. The van der Waals surface area contributed by atoms with Crippen LogP contribution in [0.2, 0.25) is 0 Å². The molecule has 0 unspecified atom stereocenters. The highest BCUT2D eigenvalue weighted by molar-refractivity contribution is 5.89. The number of carbonyl (C=O) groups excluding carboxylic acids is 1.